The zero-order valence-electron chi connectivity index (χ0n) is 10.5. The second-order valence-corrected chi connectivity index (χ2v) is 3.68. The van der Waals surface area contributed by atoms with Gasteiger partial charge in [0.15, 0.2) is 5.78 Å². The van der Waals surface area contributed by atoms with Gasteiger partial charge in [-0.2, -0.15) is 5.10 Å². The number of aryl methyl sites for hydroxylation is 1. The largest absolute Gasteiger partial charge is 0.466 e. The maximum absolute atomic E-state index is 11.3. The van der Waals surface area contributed by atoms with Gasteiger partial charge in [-0.05, 0) is 26.0 Å². The van der Waals surface area contributed by atoms with Crippen molar-refractivity contribution >= 4 is 23.7 Å². The highest BCUT2D eigenvalue weighted by Crippen LogP contribution is 2.07. The number of hydrogen-bond donors (Lipinski definition) is 1. The number of rotatable bonds is 6. The molecule has 0 heterocycles. The monoisotopic (exact) mass is 248 g/mol. The van der Waals surface area contributed by atoms with Crippen molar-refractivity contribution in [2.24, 2.45) is 5.10 Å². The third-order valence-corrected chi connectivity index (χ3v) is 2.08. The van der Waals surface area contributed by atoms with Crippen LogP contribution in [-0.4, -0.2) is 24.6 Å². The molecule has 18 heavy (non-hydrogen) atoms. The third kappa shape index (κ3) is 5.25. The Bertz CT molecular complexity index is 438. The van der Waals surface area contributed by atoms with E-state index >= 15 is 0 Å². The number of nitrogens with one attached hydrogen (secondary N) is 1. The van der Waals surface area contributed by atoms with Crippen molar-refractivity contribution < 1.29 is 14.3 Å². The van der Waals surface area contributed by atoms with E-state index in [1.165, 1.54) is 0 Å². The molecule has 96 valence electrons. The highest BCUT2D eigenvalue weighted by atomic mass is 16.5. The van der Waals surface area contributed by atoms with Crippen LogP contribution in [-0.2, 0) is 14.3 Å². The fraction of sp³-hybridized carbons (Fsp3) is 0.308. The van der Waals surface area contributed by atoms with E-state index in [9.17, 15) is 9.59 Å². The summed E-state index contributed by atoms with van der Waals surface area (Å²) in [5, 5.41) is 3.75. The van der Waals surface area contributed by atoms with E-state index in [-0.39, 0.29) is 13.0 Å². The van der Waals surface area contributed by atoms with Gasteiger partial charge < -0.3 is 4.74 Å². The lowest BCUT2D eigenvalue weighted by atomic mass is 10.2. The number of ketones is 1. The number of hydrazone groups is 1. The molecule has 0 fully saturated rings. The van der Waals surface area contributed by atoms with Crippen LogP contribution in [0.1, 0.15) is 18.9 Å². The van der Waals surface area contributed by atoms with Gasteiger partial charge in [0.05, 0.1) is 18.5 Å². The summed E-state index contributed by atoms with van der Waals surface area (Å²) in [6.07, 6.45) is 0.795. The fourth-order valence-electron chi connectivity index (χ4n) is 1.21. The molecule has 0 saturated heterocycles. The fourth-order valence-corrected chi connectivity index (χ4v) is 1.21. The lowest BCUT2D eigenvalue weighted by Gasteiger charge is -2.00. The van der Waals surface area contributed by atoms with E-state index in [1.54, 1.807) is 6.92 Å². The maximum Gasteiger partial charge on any atom is 0.313 e. The number of ether oxygens (including phenoxy) is 1. The van der Waals surface area contributed by atoms with Gasteiger partial charge in [-0.1, -0.05) is 17.7 Å². The zero-order chi connectivity index (χ0) is 13.4. The van der Waals surface area contributed by atoms with Crippen LogP contribution in [0.25, 0.3) is 0 Å². The summed E-state index contributed by atoms with van der Waals surface area (Å²) in [6, 6.07) is 7.56. The van der Waals surface area contributed by atoms with Crippen molar-refractivity contribution in [3.8, 4) is 0 Å². The van der Waals surface area contributed by atoms with Crippen molar-refractivity contribution in [1.29, 1.82) is 0 Å². The second kappa shape index (κ2) is 7.21. The summed E-state index contributed by atoms with van der Waals surface area (Å²) >= 11 is 0. The van der Waals surface area contributed by atoms with Crippen molar-refractivity contribution in [3.05, 3.63) is 29.8 Å². The summed E-state index contributed by atoms with van der Waals surface area (Å²) in [7, 11) is 0. The Hall–Kier alpha value is -2.17. The molecule has 1 rings (SSSR count). The van der Waals surface area contributed by atoms with Crippen LogP contribution in [0, 0.1) is 6.92 Å². The first-order chi connectivity index (χ1) is 8.61. The number of nitrogens with zero attached hydrogens (tertiary/aromatic N) is 1. The highest BCUT2D eigenvalue weighted by molar-refractivity contribution is 6.31. The molecular formula is C13H16N2O3. The van der Waals surface area contributed by atoms with Crippen LogP contribution in [0.5, 0.6) is 0 Å². The first kappa shape index (κ1) is 13.9. The number of esters is 1. The van der Waals surface area contributed by atoms with Crippen LogP contribution in [0.3, 0.4) is 0 Å². The van der Waals surface area contributed by atoms with Crippen LogP contribution < -0.4 is 5.43 Å². The van der Waals surface area contributed by atoms with Gasteiger partial charge in [-0.3, -0.25) is 15.0 Å². The Kier molecular flexibility index (Phi) is 5.57. The number of carbonyl (C=O) groups is 2. The molecule has 0 aliphatic rings. The van der Waals surface area contributed by atoms with Gasteiger partial charge in [0.1, 0.15) is 6.42 Å². The van der Waals surface area contributed by atoms with Gasteiger partial charge in [-0.15, -0.1) is 0 Å². The van der Waals surface area contributed by atoms with E-state index in [4.69, 9.17) is 0 Å². The van der Waals surface area contributed by atoms with E-state index in [1.807, 2.05) is 31.2 Å². The lowest BCUT2D eigenvalue weighted by molar-refractivity contribution is -0.144. The van der Waals surface area contributed by atoms with Gasteiger partial charge in [-0.25, -0.2) is 0 Å². The van der Waals surface area contributed by atoms with Crippen molar-refractivity contribution in [1.82, 2.24) is 0 Å². The lowest BCUT2D eigenvalue weighted by Crippen LogP contribution is -2.12. The van der Waals surface area contributed by atoms with Crippen molar-refractivity contribution in [3.63, 3.8) is 0 Å². The smallest absolute Gasteiger partial charge is 0.313 e. The molecule has 0 unspecified atom stereocenters. The van der Waals surface area contributed by atoms with Crippen LogP contribution in [0.4, 0.5) is 5.69 Å². The average Bonchev–Trinajstić information content (AvgIpc) is 2.32. The molecule has 0 aliphatic carbocycles. The van der Waals surface area contributed by atoms with Crippen LogP contribution >= 0.6 is 0 Å². The predicted molar refractivity (Wildman–Crippen MR) is 69.6 cm³/mol. The van der Waals surface area contributed by atoms with E-state index in [0.29, 0.717) is 0 Å². The maximum atomic E-state index is 11.3. The molecule has 0 amide bonds. The summed E-state index contributed by atoms with van der Waals surface area (Å²) in [4.78, 5) is 22.3. The predicted octanol–water partition coefficient (Wildman–Crippen LogP) is 1.92. The molecular weight excluding hydrogens is 232 g/mol. The molecule has 1 aromatic rings. The summed E-state index contributed by atoms with van der Waals surface area (Å²) in [5.74, 6) is -0.933. The van der Waals surface area contributed by atoms with Gasteiger partial charge in [0.25, 0.3) is 0 Å². The number of Topliss-reactive ketones (excluding diaryl/α,β-unsaturated/α-hetero) is 1. The number of benzene rings is 1. The Morgan fingerprint density at radius 1 is 1.33 bits per heavy atom. The third-order valence-electron chi connectivity index (χ3n) is 2.08. The van der Waals surface area contributed by atoms with E-state index in [0.717, 1.165) is 17.5 Å². The van der Waals surface area contributed by atoms with Crippen molar-refractivity contribution in [2.45, 2.75) is 20.3 Å². The van der Waals surface area contributed by atoms with Gasteiger partial charge in [0.2, 0.25) is 0 Å². The molecule has 5 heteroatoms. The molecule has 1 aromatic carbocycles. The quantitative estimate of drug-likeness (QED) is 0.361. The minimum atomic E-state index is -0.538. The van der Waals surface area contributed by atoms with Crippen LogP contribution in [0.2, 0.25) is 0 Å². The molecule has 0 bridgehead atoms. The Morgan fingerprint density at radius 2 is 2.00 bits per heavy atom. The molecule has 0 aliphatic heterocycles. The molecule has 0 saturated carbocycles. The molecule has 0 spiro atoms. The first-order valence-electron chi connectivity index (χ1n) is 5.66. The average molecular weight is 248 g/mol. The first-order valence-corrected chi connectivity index (χ1v) is 5.66. The van der Waals surface area contributed by atoms with Gasteiger partial charge in [0, 0.05) is 0 Å². The van der Waals surface area contributed by atoms with Crippen LogP contribution in [0.15, 0.2) is 29.4 Å². The van der Waals surface area contributed by atoms with Crippen molar-refractivity contribution in [2.75, 3.05) is 12.0 Å². The molecule has 0 aromatic heterocycles. The second-order valence-electron chi connectivity index (χ2n) is 3.68. The zero-order valence-corrected chi connectivity index (χ0v) is 10.5. The number of hydrogen-bond acceptors (Lipinski definition) is 5. The Labute approximate surface area is 106 Å². The topological polar surface area (TPSA) is 67.8 Å². The number of anilines is 1. The Morgan fingerprint density at radius 3 is 2.61 bits per heavy atom. The highest BCUT2D eigenvalue weighted by Gasteiger charge is 2.07. The Balaban J connectivity index is 2.38. The summed E-state index contributed by atoms with van der Waals surface area (Å²) in [5.41, 5.74) is 4.62. The van der Waals surface area contributed by atoms with Gasteiger partial charge >= 0.3 is 5.97 Å². The molecule has 1 N–H and O–H groups in total. The van der Waals surface area contributed by atoms with E-state index in [2.05, 4.69) is 15.3 Å². The standard InChI is InChI=1S/C13H16N2O3/c1-3-18-13(17)8-12(16)9-14-15-11-6-4-10(2)5-7-11/h4-7,9,15H,3,8H2,1-2H3. The minimum absolute atomic E-state index is 0.269. The summed E-state index contributed by atoms with van der Waals surface area (Å²) < 4.78 is 4.65. The normalized spacial score (nSPS) is 10.3. The molecule has 0 atom stereocenters. The molecule has 0 radical (unpaired) electrons. The van der Waals surface area contributed by atoms with E-state index < -0.39 is 11.8 Å². The SMILES string of the molecule is CCOC(=O)CC(=O)C=NNc1ccc(C)cc1. The minimum Gasteiger partial charge on any atom is -0.466 e. The summed E-state index contributed by atoms with van der Waals surface area (Å²) in [6.45, 7) is 3.94. The number of carbonyl (C=O) groups excluding carboxylic acids is 2. The molecule has 5 nitrogen and oxygen atoms in total.